The molecule has 2 heterocycles. The van der Waals surface area contributed by atoms with Crippen LogP contribution in [0, 0.1) is 6.92 Å². The van der Waals surface area contributed by atoms with Crippen LogP contribution in [0.4, 0.5) is 0 Å². The lowest BCUT2D eigenvalue weighted by molar-refractivity contribution is 0.767. The summed E-state index contributed by atoms with van der Waals surface area (Å²) in [5, 5.41) is 9.35. The Morgan fingerprint density at radius 1 is 1.22 bits per heavy atom. The highest BCUT2D eigenvalue weighted by atomic mass is 15.3. The van der Waals surface area contributed by atoms with Crippen LogP contribution in [-0.2, 0) is 6.54 Å². The molecule has 1 aromatic carbocycles. The molecule has 3 aromatic rings. The molecule has 0 N–H and O–H groups in total. The van der Waals surface area contributed by atoms with Crippen molar-refractivity contribution in [1.82, 2.24) is 19.7 Å². The lowest BCUT2D eigenvalue weighted by atomic mass is 10.1. The van der Waals surface area contributed by atoms with Crippen LogP contribution in [-0.4, -0.2) is 19.7 Å². The summed E-state index contributed by atoms with van der Waals surface area (Å²) in [5.41, 5.74) is 3.09. The third-order valence-corrected chi connectivity index (χ3v) is 3.04. The molecule has 18 heavy (non-hydrogen) atoms. The summed E-state index contributed by atoms with van der Waals surface area (Å²) >= 11 is 0. The van der Waals surface area contributed by atoms with E-state index in [-0.39, 0.29) is 0 Å². The van der Waals surface area contributed by atoms with Crippen LogP contribution in [0.25, 0.3) is 22.3 Å². The van der Waals surface area contributed by atoms with Gasteiger partial charge in [-0.05, 0) is 26.0 Å². The molecule has 0 spiro atoms. The number of aryl methyl sites for hydroxylation is 2. The van der Waals surface area contributed by atoms with E-state index in [1.807, 2.05) is 29.7 Å². The number of hydrogen-bond acceptors (Lipinski definition) is 3. The smallest absolute Gasteiger partial charge is 0.164 e. The van der Waals surface area contributed by atoms with Crippen LogP contribution in [0.15, 0.2) is 36.7 Å². The number of hydrogen-bond donors (Lipinski definition) is 0. The van der Waals surface area contributed by atoms with Gasteiger partial charge in [-0.3, -0.25) is 4.98 Å². The number of benzene rings is 1. The van der Waals surface area contributed by atoms with Gasteiger partial charge in [0.15, 0.2) is 5.82 Å². The minimum Gasteiger partial charge on any atom is -0.314 e. The molecule has 0 aliphatic carbocycles. The number of para-hydroxylation sites is 1. The number of pyridine rings is 1. The molecule has 0 bridgehead atoms. The van der Waals surface area contributed by atoms with E-state index in [0.29, 0.717) is 0 Å². The van der Waals surface area contributed by atoms with Crippen LogP contribution >= 0.6 is 0 Å². The standard InChI is InChI=1S/C14H14N4/c1-3-18-9-15-17-14(18)12-8-10(2)16-13-7-5-4-6-11(12)13/h4-9H,3H2,1-2H3. The van der Waals surface area contributed by atoms with Gasteiger partial charge in [0.05, 0.1) is 5.52 Å². The van der Waals surface area contributed by atoms with Crippen molar-refractivity contribution in [3.63, 3.8) is 0 Å². The van der Waals surface area contributed by atoms with E-state index in [1.54, 1.807) is 6.33 Å². The van der Waals surface area contributed by atoms with Crippen molar-refractivity contribution in [3.05, 3.63) is 42.4 Å². The summed E-state index contributed by atoms with van der Waals surface area (Å²) in [6.07, 6.45) is 1.76. The molecule has 0 aliphatic rings. The second-order valence-electron chi connectivity index (χ2n) is 4.27. The number of nitrogens with zero attached hydrogens (tertiary/aromatic N) is 4. The normalized spacial score (nSPS) is 11.0. The van der Waals surface area contributed by atoms with Gasteiger partial charge < -0.3 is 4.57 Å². The van der Waals surface area contributed by atoms with Crippen molar-refractivity contribution in [2.45, 2.75) is 20.4 Å². The molecule has 3 rings (SSSR count). The second kappa shape index (κ2) is 4.22. The number of fused-ring (bicyclic) bond motifs is 1. The van der Waals surface area contributed by atoms with E-state index in [9.17, 15) is 0 Å². The largest absolute Gasteiger partial charge is 0.314 e. The average molecular weight is 238 g/mol. The maximum absolute atomic E-state index is 4.54. The topological polar surface area (TPSA) is 43.6 Å². The highest BCUT2D eigenvalue weighted by Crippen LogP contribution is 2.26. The van der Waals surface area contributed by atoms with Crippen LogP contribution in [0.1, 0.15) is 12.6 Å². The first-order valence-electron chi connectivity index (χ1n) is 6.04. The Labute approximate surface area is 105 Å². The van der Waals surface area contributed by atoms with E-state index in [1.165, 1.54) is 0 Å². The Hall–Kier alpha value is -2.23. The Morgan fingerprint density at radius 2 is 2.06 bits per heavy atom. The van der Waals surface area contributed by atoms with Gasteiger partial charge in [-0.25, -0.2) is 0 Å². The van der Waals surface area contributed by atoms with Crippen LogP contribution in [0.5, 0.6) is 0 Å². The molecule has 0 atom stereocenters. The van der Waals surface area contributed by atoms with Gasteiger partial charge in [0.2, 0.25) is 0 Å². The summed E-state index contributed by atoms with van der Waals surface area (Å²) in [5.74, 6) is 0.902. The molecular formula is C14H14N4. The zero-order valence-corrected chi connectivity index (χ0v) is 10.5. The predicted octanol–water partition coefficient (Wildman–Crippen LogP) is 2.82. The summed E-state index contributed by atoms with van der Waals surface area (Å²) in [4.78, 5) is 4.54. The molecule has 90 valence electrons. The molecule has 4 heteroatoms. The van der Waals surface area contributed by atoms with Gasteiger partial charge in [-0.1, -0.05) is 18.2 Å². The van der Waals surface area contributed by atoms with Crippen molar-refractivity contribution in [3.8, 4) is 11.4 Å². The first-order valence-corrected chi connectivity index (χ1v) is 6.04. The molecule has 0 saturated carbocycles. The monoisotopic (exact) mass is 238 g/mol. The van der Waals surface area contributed by atoms with Gasteiger partial charge in [0, 0.05) is 23.2 Å². The van der Waals surface area contributed by atoms with E-state index >= 15 is 0 Å². The van der Waals surface area contributed by atoms with Crippen LogP contribution in [0.2, 0.25) is 0 Å². The summed E-state index contributed by atoms with van der Waals surface area (Å²) in [6.45, 7) is 4.95. The quantitative estimate of drug-likeness (QED) is 0.689. The molecule has 0 unspecified atom stereocenters. The summed E-state index contributed by atoms with van der Waals surface area (Å²) < 4.78 is 2.04. The average Bonchev–Trinajstić information content (AvgIpc) is 2.85. The molecule has 2 aromatic heterocycles. The van der Waals surface area contributed by atoms with E-state index in [2.05, 4.69) is 34.2 Å². The maximum Gasteiger partial charge on any atom is 0.164 e. The first kappa shape index (κ1) is 10.9. The van der Waals surface area contributed by atoms with E-state index in [0.717, 1.165) is 34.5 Å². The third-order valence-electron chi connectivity index (χ3n) is 3.04. The van der Waals surface area contributed by atoms with Gasteiger partial charge in [0.25, 0.3) is 0 Å². The van der Waals surface area contributed by atoms with E-state index < -0.39 is 0 Å². The molecule has 0 radical (unpaired) electrons. The summed E-state index contributed by atoms with van der Waals surface area (Å²) in [7, 11) is 0. The highest BCUT2D eigenvalue weighted by Gasteiger charge is 2.11. The van der Waals surface area contributed by atoms with Gasteiger partial charge >= 0.3 is 0 Å². The third kappa shape index (κ3) is 1.66. The minimum absolute atomic E-state index is 0.859. The Morgan fingerprint density at radius 3 is 2.89 bits per heavy atom. The molecule has 0 fully saturated rings. The zero-order chi connectivity index (χ0) is 12.5. The van der Waals surface area contributed by atoms with Crippen molar-refractivity contribution in [2.75, 3.05) is 0 Å². The van der Waals surface area contributed by atoms with Crippen molar-refractivity contribution in [1.29, 1.82) is 0 Å². The van der Waals surface area contributed by atoms with Crippen molar-refractivity contribution < 1.29 is 0 Å². The molecular weight excluding hydrogens is 224 g/mol. The first-order chi connectivity index (χ1) is 8.79. The lowest BCUT2D eigenvalue weighted by Crippen LogP contribution is -1.98. The SMILES string of the molecule is CCn1cnnc1-c1cc(C)nc2ccccc12. The molecule has 0 amide bonds. The van der Waals surface area contributed by atoms with Gasteiger partial charge in [0.1, 0.15) is 6.33 Å². The fourth-order valence-corrected chi connectivity index (χ4v) is 2.19. The van der Waals surface area contributed by atoms with Crippen molar-refractivity contribution >= 4 is 10.9 Å². The molecule has 0 aliphatic heterocycles. The lowest BCUT2D eigenvalue weighted by Gasteiger charge is -2.08. The van der Waals surface area contributed by atoms with Gasteiger partial charge in [-0.15, -0.1) is 10.2 Å². The maximum atomic E-state index is 4.54. The highest BCUT2D eigenvalue weighted by molar-refractivity contribution is 5.92. The van der Waals surface area contributed by atoms with Gasteiger partial charge in [-0.2, -0.15) is 0 Å². The Bertz CT molecular complexity index is 700. The Kier molecular flexibility index (Phi) is 2.55. The molecule has 4 nitrogen and oxygen atoms in total. The number of rotatable bonds is 2. The second-order valence-corrected chi connectivity index (χ2v) is 4.27. The van der Waals surface area contributed by atoms with Crippen LogP contribution < -0.4 is 0 Å². The predicted molar refractivity (Wildman–Crippen MR) is 71.2 cm³/mol. The van der Waals surface area contributed by atoms with Crippen LogP contribution in [0.3, 0.4) is 0 Å². The van der Waals surface area contributed by atoms with Crippen molar-refractivity contribution in [2.24, 2.45) is 0 Å². The fraction of sp³-hybridized carbons (Fsp3) is 0.214. The van der Waals surface area contributed by atoms with E-state index in [4.69, 9.17) is 0 Å². The minimum atomic E-state index is 0.859. The molecule has 0 saturated heterocycles. The zero-order valence-electron chi connectivity index (χ0n) is 10.5. The fourth-order valence-electron chi connectivity index (χ4n) is 2.19. The number of aromatic nitrogens is 4. The Balaban J connectivity index is 2.34. The summed E-state index contributed by atoms with van der Waals surface area (Å²) in [6, 6.07) is 10.2.